The molecule has 84 valence electrons. The van der Waals surface area contributed by atoms with Gasteiger partial charge < -0.3 is 10.8 Å². The standard InChI is InChI=1S/C13H21NO/c1-9(2)13(15,10(3)4)11-7-5-6-8-12(11)14/h5-10,15H,14H2,1-4H3. The Balaban J connectivity index is 3.28. The summed E-state index contributed by atoms with van der Waals surface area (Å²) in [7, 11) is 0. The van der Waals surface area contributed by atoms with Gasteiger partial charge in [-0.3, -0.25) is 0 Å². The monoisotopic (exact) mass is 207 g/mol. The van der Waals surface area contributed by atoms with Gasteiger partial charge in [-0.1, -0.05) is 45.9 Å². The zero-order chi connectivity index (χ0) is 11.6. The van der Waals surface area contributed by atoms with Crippen LogP contribution in [0.15, 0.2) is 24.3 Å². The van der Waals surface area contributed by atoms with Crippen molar-refractivity contribution in [3.63, 3.8) is 0 Å². The minimum Gasteiger partial charge on any atom is -0.398 e. The molecule has 2 heteroatoms. The van der Waals surface area contributed by atoms with Crippen molar-refractivity contribution in [2.75, 3.05) is 5.73 Å². The molecule has 0 radical (unpaired) electrons. The Bertz CT molecular complexity index is 323. The third-order valence-corrected chi connectivity index (χ3v) is 3.15. The largest absolute Gasteiger partial charge is 0.398 e. The van der Waals surface area contributed by atoms with Crippen molar-refractivity contribution in [2.45, 2.75) is 33.3 Å². The molecule has 0 amide bonds. The van der Waals surface area contributed by atoms with Crippen LogP contribution in [0.3, 0.4) is 0 Å². The van der Waals surface area contributed by atoms with Gasteiger partial charge in [0.2, 0.25) is 0 Å². The number of hydrogen-bond donors (Lipinski definition) is 2. The van der Waals surface area contributed by atoms with E-state index in [1.54, 1.807) is 0 Å². The maximum Gasteiger partial charge on any atom is 0.0961 e. The molecule has 0 saturated heterocycles. The normalized spacial score (nSPS) is 12.5. The van der Waals surface area contributed by atoms with Crippen LogP contribution in [0.1, 0.15) is 33.3 Å². The number of nitrogens with two attached hydrogens (primary N) is 1. The zero-order valence-corrected chi connectivity index (χ0v) is 9.99. The summed E-state index contributed by atoms with van der Waals surface area (Å²) in [5.74, 6) is 0.282. The van der Waals surface area contributed by atoms with Crippen molar-refractivity contribution in [3.05, 3.63) is 29.8 Å². The van der Waals surface area contributed by atoms with Gasteiger partial charge in [0.15, 0.2) is 0 Å². The van der Waals surface area contributed by atoms with Crippen molar-refractivity contribution >= 4 is 5.69 Å². The number of nitrogen functional groups attached to an aromatic ring is 1. The summed E-state index contributed by atoms with van der Waals surface area (Å²) < 4.78 is 0. The van der Waals surface area contributed by atoms with E-state index in [0.717, 1.165) is 5.56 Å². The average Bonchev–Trinajstić information content (AvgIpc) is 2.16. The van der Waals surface area contributed by atoms with Crippen molar-refractivity contribution in [1.82, 2.24) is 0 Å². The van der Waals surface area contributed by atoms with E-state index in [0.29, 0.717) is 5.69 Å². The lowest BCUT2D eigenvalue weighted by molar-refractivity contribution is -0.0524. The van der Waals surface area contributed by atoms with Gasteiger partial charge in [0.1, 0.15) is 0 Å². The highest BCUT2D eigenvalue weighted by Crippen LogP contribution is 2.39. The van der Waals surface area contributed by atoms with E-state index < -0.39 is 5.60 Å². The summed E-state index contributed by atoms with van der Waals surface area (Å²) in [5, 5.41) is 10.7. The molecular weight excluding hydrogens is 186 g/mol. The smallest absolute Gasteiger partial charge is 0.0961 e. The zero-order valence-electron chi connectivity index (χ0n) is 9.99. The van der Waals surface area contributed by atoms with Crippen LogP contribution in [0.4, 0.5) is 5.69 Å². The Morgan fingerprint density at radius 3 is 1.93 bits per heavy atom. The van der Waals surface area contributed by atoms with Gasteiger partial charge in [0.25, 0.3) is 0 Å². The Kier molecular flexibility index (Phi) is 3.40. The van der Waals surface area contributed by atoms with Crippen LogP contribution in [-0.2, 0) is 5.60 Å². The molecule has 1 rings (SSSR count). The summed E-state index contributed by atoms with van der Waals surface area (Å²) in [6, 6.07) is 7.56. The highest BCUT2D eigenvalue weighted by atomic mass is 16.3. The molecule has 2 nitrogen and oxygen atoms in total. The fraction of sp³-hybridized carbons (Fsp3) is 0.538. The van der Waals surface area contributed by atoms with E-state index in [4.69, 9.17) is 5.73 Å². The lowest BCUT2D eigenvalue weighted by Crippen LogP contribution is -2.38. The van der Waals surface area contributed by atoms with E-state index in [9.17, 15) is 5.11 Å². The fourth-order valence-electron chi connectivity index (χ4n) is 2.15. The second-order valence-corrected chi connectivity index (χ2v) is 4.72. The summed E-state index contributed by atoms with van der Waals surface area (Å²) in [6.45, 7) is 8.08. The number of hydrogen-bond acceptors (Lipinski definition) is 2. The third-order valence-electron chi connectivity index (χ3n) is 3.15. The number of aliphatic hydroxyl groups is 1. The highest BCUT2D eigenvalue weighted by molar-refractivity contribution is 5.50. The molecule has 0 aliphatic rings. The highest BCUT2D eigenvalue weighted by Gasteiger charge is 2.37. The van der Waals surface area contributed by atoms with Crippen LogP contribution in [0.25, 0.3) is 0 Å². The molecule has 3 N–H and O–H groups in total. The maximum absolute atomic E-state index is 10.7. The quantitative estimate of drug-likeness (QED) is 0.749. The molecule has 0 aromatic heterocycles. The summed E-state index contributed by atoms with van der Waals surface area (Å²) in [5.41, 5.74) is 6.59. The van der Waals surface area contributed by atoms with Gasteiger partial charge in [-0.2, -0.15) is 0 Å². The first-order valence-corrected chi connectivity index (χ1v) is 5.48. The molecule has 0 fully saturated rings. The molecule has 0 spiro atoms. The first-order chi connectivity index (χ1) is 6.90. The molecule has 0 bridgehead atoms. The van der Waals surface area contributed by atoms with Crippen LogP contribution < -0.4 is 5.73 Å². The van der Waals surface area contributed by atoms with Crippen molar-refractivity contribution in [1.29, 1.82) is 0 Å². The Morgan fingerprint density at radius 2 is 1.53 bits per heavy atom. The minimum absolute atomic E-state index is 0.141. The van der Waals surface area contributed by atoms with Gasteiger partial charge in [0, 0.05) is 11.3 Å². The van der Waals surface area contributed by atoms with E-state index in [2.05, 4.69) is 0 Å². The maximum atomic E-state index is 10.7. The van der Waals surface area contributed by atoms with Gasteiger partial charge >= 0.3 is 0 Å². The number of benzene rings is 1. The first kappa shape index (κ1) is 12.1. The Hall–Kier alpha value is -1.02. The molecule has 1 aromatic carbocycles. The van der Waals surface area contributed by atoms with Crippen LogP contribution in [0, 0.1) is 11.8 Å². The topological polar surface area (TPSA) is 46.2 Å². The SMILES string of the molecule is CC(C)C(O)(c1ccccc1N)C(C)C. The summed E-state index contributed by atoms with van der Waals surface area (Å²) in [6.07, 6.45) is 0. The molecule has 0 saturated carbocycles. The van der Waals surface area contributed by atoms with Crippen LogP contribution in [0.2, 0.25) is 0 Å². The molecule has 0 heterocycles. The van der Waals surface area contributed by atoms with Crippen molar-refractivity contribution < 1.29 is 5.11 Å². The molecule has 0 atom stereocenters. The van der Waals surface area contributed by atoms with Gasteiger partial charge in [0.05, 0.1) is 5.60 Å². The van der Waals surface area contributed by atoms with Gasteiger partial charge in [-0.15, -0.1) is 0 Å². The van der Waals surface area contributed by atoms with E-state index in [-0.39, 0.29) is 11.8 Å². The summed E-state index contributed by atoms with van der Waals surface area (Å²) in [4.78, 5) is 0. The first-order valence-electron chi connectivity index (χ1n) is 5.48. The van der Waals surface area contributed by atoms with Crippen LogP contribution in [-0.4, -0.2) is 5.11 Å². The van der Waals surface area contributed by atoms with Crippen LogP contribution >= 0.6 is 0 Å². The lowest BCUT2D eigenvalue weighted by atomic mass is 9.74. The van der Waals surface area contributed by atoms with Gasteiger partial charge in [-0.05, 0) is 17.9 Å². The second kappa shape index (κ2) is 4.23. The lowest BCUT2D eigenvalue weighted by Gasteiger charge is -2.37. The molecule has 0 aliphatic heterocycles. The Labute approximate surface area is 92.1 Å². The summed E-state index contributed by atoms with van der Waals surface area (Å²) >= 11 is 0. The minimum atomic E-state index is -0.842. The van der Waals surface area contributed by atoms with E-state index in [1.165, 1.54) is 0 Å². The number of para-hydroxylation sites is 1. The van der Waals surface area contributed by atoms with Gasteiger partial charge in [-0.25, -0.2) is 0 Å². The van der Waals surface area contributed by atoms with E-state index >= 15 is 0 Å². The predicted molar refractivity (Wildman–Crippen MR) is 64.4 cm³/mol. The van der Waals surface area contributed by atoms with Crippen molar-refractivity contribution in [3.8, 4) is 0 Å². The third kappa shape index (κ3) is 2.00. The van der Waals surface area contributed by atoms with Crippen molar-refractivity contribution in [2.24, 2.45) is 11.8 Å². The number of anilines is 1. The molecular formula is C13H21NO. The van der Waals surface area contributed by atoms with Crippen LogP contribution in [0.5, 0.6) is 0 Å². The predicted octanol–water partition coefficient (Wildman–Crippen LogP) is 2.77. The molecule has 1 aromatic rings. The fourth-order valence-corrected chi connectivity index (χ4v) is 2.15. The molecule has 0 aliphatic carbocycles. The second-order valence-electron chi connectivity index (χ2n) is 4.72. The molecule has 15 heavy (non-hydrogen) atoms. The number of rotatable bonds is 3. The Morgan fingerprint density at radius 1 is 1.07 bits per heavy atom. The van der Waals surface area contributed by atoms with E-state index in [1.807, 2.05) is 52.0 Å². The molecule has 0 unspecified atom stereocenters. The average molecular weight is 207 g/mol.